The van der Waals surface area contributed by atoms with Crippen LogP contribution in [0.15, 0.2) is 24.3 Å². The van der Waals surface area contributed by atoms with Crippen molar-refractivity contribution in [2.75, 3.05) is 5.88 Å². The molecule has 0 unspecified atom stereocenters. The summed E-state index contributed by atoms with van der Waals surface area (Å²) in [7, 11) is 0. The fourth-order valence-corrected chi connectivity index (χ4v) is 3.12. The fraction of sp³-hybridized carbons (Fsp3) is 0.357. The topological polar surface area (TPSA) is 12.9 Å². The van der Waals surface area contributed by atoms with E-state index in [-0.39, 0.29) is 0 Å². The van der Waals surface area contributed by atoms with Gasteiger partial charge >= 0.3 is 0 Å². The Morgan fingerprint density at radius 3 is 2.53 bits per heavy atom. The van der Waals surface area contributed by atoms with Crippen LogP contribution in [0.5, 0.6) is 0 Å². The van der Waals surface area contributed by atoms with Crippen molar-refractivity contribution in [1.82, 2.24) is 4.98 Å². The summed E-state index contributed by atoms with van der Waals surface area (Å²) in [6.07, 6.45) is 1.99. The molecular formula is C14H16ClNS. The number of rotatable bonds is 4. The average molecular weight is 266 g/mol. The molecule has 0 aliphatic rings. The number of thiazole rings is 1. The molecule has 90 valence electrons. The standard InChI is InChI=1S/C14H16ClNS/c1-3-11-4-6-12(7-5-11)14-16-10(2)13(17-14)8-9-15/h4-7H,3,8-9H2,1-2H3. The maximum absolute atomic E-state index is 5.78. The van der Waals surface area contributed by atoms with Gasteiger partial charge in [0.25, 0.3) is 0 Å². The van der Waals surface area contributed by atoms with Crippen LogP contribution >= 0.6 is 22.9 Å². The van der Waals surface area contributed by atoms with E-state index >= 15 is 0 Å². The number of benzene rings is 1. The van der Waals surface area contributed by atoms with Gasteiger partial charge in [-0.2, -0.15) is 0 Å². The Balaban J connectivity index is 2.29. The number of aromatic nitrogens is 1. The van der Waals surface area contributed by atoms with Crippen LogP contribution < -0.4 is 0 Å². The lowest BCUT2D eigenvalue weighted by Gasteiger charge is -1.98. The summed E-state index contributed by atoms with van der Waals surface area (Å²) < 4.78 is 0. The van der Waals surface area contributed by atoms with Crippen molar-refractivity contribution in [3.8, 4) is 10.6 Å². The van der Waals surface area contributed by atoms with Crippen molar-refractivity contribution in [1.29, 1.82) is 0 Å². The molecule has 1 heterocycles. The van der Waals surface area contributed by atoms with Crippen LogP contribution in [0.2, 0.25) is 0 Å². The summed E-state index contributed by atoms with van der Waals surface area (Å²) in [5, 5.41) is 1.10. The first-order valence-corrected chi connectivity index (χ1v) is 7.21. The molecular weight excluding hydrogens is 250 g/mol. The third-order valence-electron chi connectivity index (χ3n) is 2.82. The smallest absolute Gasteiger partial charge is 0.123 e. The molecule has 0 saturated carbocycles. The Hall–Kier alpha value is -0.860. The molecule has 0 spiro atoms. The second kappa shape index (κ2) is 5.65. The van der Waals surface area contributed by atoms with Gasteiger partial charge in [0.05, 0.1) is 5.69 Å². The van der Waals surface area contributed by atoms with Gasteiger partial charge in [-0.05, 0) is 25.3 Å². The molecule has 0 amide bonds. The Morgan fingerprint density at radius 2 is 1.94 bits per heavy atom. The second-order valence-electron chi connectivity index (χ2n) is 4.02. The van der Waals surface area contributed by atoms with E-state index in [1.165, 1.54) is 16.0 Å². The number of aryl methyl sites for hydroxylation is 3. The minimum atomic E-state index is 0.664. The fourth-order valence-electron chi connectivity index (χ4n) is 1.75. The molecule has 0 aliphatic carbocycles. The molecule has 1 aromatic carbocycles. The van der Waals surface area contributed by atoms with Crippen LogP contribution in [0.1, 0.15) is 23.1 Å². The monoisotopic (exact) mass is 265 g/mol. The quantitative estimate of drug-likeness (QED) is 0.744. The van der Waals surface area contributed by atoms with Crippen molar-refractivity contribution in [2.45, 2.75) is 26.7 Å². The van der Waals surface area contributed by atoms with Crippen LogP contribution in [0.25, 0.3) is 10.6 Å². The highest BCUT2D eigenvalue weighted by Gasteiger charge is 2.08. The molecule has 2 aromatic rings. The van der Waals surface area contributed by atoms with E-state index in [4.69, 9.17) is 11.6 Å². The predicted octanol–water partition coefficient (Wildman–Crippen LogP) is 4.46. The highest BCUT2D eigenvalue weighted by atomic mass is 35.5. The molecule has 0 N–H and O–H groups in total. The summed E-state index contributed by atoms with van der Waals surface area (Å²) in [4.78, 5) is 5.92. The van der Waals surface area contributed by atoms with Gasteiger partial charge in [-0.1, -0.05) is 31.2 Å². The molecule has 0 radical (unpaired) electrons. The maximum Gasteiger partial charge on any atom is 0.123 e. The van der Waals surface area contributed by atoms with E-state index in [2.05, 4.69) is 43.1 Å². The zero-order valence-electron chi connectivity index (χ0n) is 10.2. The number of nitrogens with zero attached hydrogens (tertiary/aromatic N) is 1. The van der Waals surface area contributed by atoms with Crippen molar-refractivity contribution in [3.63, 3.8) is 0 Å². The summed E-state index contributed by atoms with van der Waals surface area (Å²) in [6.45, 7) is 4.23. The van der Waals surface area contributed by atoms with Crippen molar-refractivity contribution in [2.24, 2.45) is 0 Å². The van der Waals surface area contributed by atoms with E-state index < -0.39 is 0 Å². The van der Waals surface area contributed by atoms with E-state index in [9.17, 15) is 0 Å². The van der Waals surface area contributed by atoms with Crippen LogP contribution in [-0.4, -0.2) is 10.9 Å². The molecule has 1 nitrogen and oxygen atoms in total. The summed E-state index contributed by atoms with van der Waals surface area (Å²) in [6, 6.07) is 8.66. The Labute approximate surface area is 111 Å². The molecule has 0 aliphatic heterocycles. The predicted molar refractivity (Wildman–Crippen MR) is 76.1 cm³/mol. The SMILES string of the molecule is CCc1ccc(-c2nc(C)c(CCCl)s2)cc1. The normalized spacial score (nSPS) is 10.8. The third kappa shape index (κ3) is 2.88. The van der Waals surface area contributed by atoms with Gasteiger partial charge in [-0.3, -0.25) is 0 Å². The van der Waals surface area contributed by atoms with Gasteiger partial charge in [-0.25, -0.2) is 4.98 Å². The second-order valence-corrected chi connectivity index (χ2v) is 5.48. The first-order valence-electron chi connectivity index (χ1n) is 5.86. The molecule has 17 heavy (non-hydrogen) atoms. The molecule has 0 fully saturated rings. The van der Waals surface area contributed by atoms with Gasteiger partial charge < -0.3 is 0 Å². The highest BCUT2D eigenvalue weighted by Crippen LogP contribution is 2.28. The third-order valence-corrected chi connectivity index (χ3v) is 4.28. The zero-order valence-corrected chi connectivity index (χ0v) is 11.7. The van der Waals surface area contributed by atoms with E-state index in [0.29, 0.717) is 5.88 Å². The summed E-state index contributed by atoms with van der Waals surface area (Å²) in [5.74, 6) is 0.664. The van der Waals surface area contributed by atoms with Gasteiger partial charge in [0.2, 0.25) is 0 Å². The van der Waals surface area contributed by atoms with Crippen LogP contribution in [-0.2, 0) is 12.8 Å². The largest absolute Gasteiger partial charge is 0.241 e. The van der Waals surface area contributed by atoms with Crippen molar-refractivity contribution < 1.29 is 0 Å². The first kappa shape index (κ1) is 12.6. The maximum atomic E-state index is 5.78. The molecule has 0 saturated heterocycles. The summed E-state index contributed by atoms with van der Waals surface area (Å²) >= 11 is 7.54. The van der Waals surface area contributed by atoms with Crippen LogP contribution in [0, 0.1) is 6.92 Å². The van der Waals surface area contributed by atoms with Gasteiger partial charge in [0, 0.05) is 16.3 Å². The minimum absolute atomic E-state index is 0.664. The Kier molecular flexibility index (Phi) is 4.19. The van der Waals surface area contributed by atoms with Crippen molar-refractivity contribution >= 4 is 22.9 Å². The van der Waals surface area contributed by atoms with Gasteiger partial charge in [-0.15, -0.1) is 22.9 Å². The van der Waals surface area contributed by atoms with Crippen LogP contribution in [0.4, 0.5) is 0 Å². The van der Waals surface area contributed by atoms with Crippen molar-refractivity contribution in [3.05, 3.63) is 40.4 Å². The van der Waals surface area contributed by atoms with E-state index in [1.807, 2.05) is 0 Å². The lowest BCUT2D eigenvalue weighted by molar-refractivity contribution is 1.12. The molecule has 2 rings (SSSR count). The lowest BCUT2D eigenvalue weighted by Crippen LogP contribution is -1.84. The zero-order chi connectivity index (χ0) is 12.3. The molecule has 3 heteroatoms. The Morgan fingerprint density at radius 1 is 1.24 bits per heavy atom. The Bertz CT molecular complexity index is 487. The van der Waals surface area contributed by atoms with E-state index in [1.54, 1.807) is 11.3 Å². The number of alkyl halides is 1. The van der Waals surface area contributed by atoms with Crippen LogP contribution in [0.3, 0.4) is 0 Å². The lowest BCUT2D eigenvalue weighted by atomic mass is 10.1. The van der Waals surface area contributed by atoms with E-state index in [0.717, 1.165) is 23.5 Å². The molecule has 0 bridgehead atoms. The number of hydrogen-bond acceptors (Lipinski definition) is 2. The molecule has 0 atom stereocenters. The average Bonchev–Trinajstić information content (AvgIpc) is 2.72. The number of hydrogen-bond donors (Lipinski definition) is 0. The molecule has 1 aromatic heterocycles. The minimum Gasteiger partial charge on any atom is -0.241 e. The summed E-state index contributed by atoms with van der Waals surface area (Å²) in [5.41, 5.74) is 3.68. The van der Waals surface area contributed by atoms with Gasteiger partial charge in [0.15, 0.2) is 0 Å². The highest BCUT2D eigenvalue weighted by molar-refractivity contribution is 7.15. The number of halogens is 1. The first-order chi connectivity index (χ1) is 8.24. The van der Waals surface area contributed by atoms with Gasteiger partial charge in [0.1, 0.15) is 5.01 Å².